The summed E-state index contributed by atoms with van der Waals surface area (Å²) in [6.07, 6.45) is 2.86. The lowest BCUT2D eigenvalue weighted by Crippen LogP contribution is -2.26. The second-order valence-electron chi connectivity index (χ2n) is 5.80. The number of aryl methyl sites for hydroxylation is 1. The van der Waals surface area contributed by atoms with Gasteiger partial charge in [-0.15, -0.1) is 11.8 Å². The Kier molecular flexibility index (Phi) is 5.26. The van der Waals surface area contributed by atoms with E-state index in [0.29, 0.717) is 6.54 Å². The monoisotopic (exact) mass is 338 g/mol. The van der Waals surface area contributed by atoms with Crippen molar-refractivity contribution in [2.45, 2.75) is 25.2 Å². The van der Waals surface area contributed by atoms with Gasteiger partial charge in [0.15, 0.2) is 0 Å². The molecule has 2 N–H and O–H groups in total. The van der Waals surface area contributed by atoms with E-state index in [1.807, 2.05) is 30.5 Å². The Bertz CT molecular complexity index is 854. The van der Waals surface area contributed by atoms with E-state index in [-0.39, 0.29) is 5.91 Å². The van der Waals surface area contributed by atoms with Crippen LogP contribution in [0.3, 0.4) is 0 Å². The molecule has 3 aromatic rings. The Morgan fingerprint density at radius 2 is 2.04 bits per heavy atom. The van der Waals surface area contributed by atoms with E-state index >= 15 is 0 Å². The molecule has 0 atom stereocenters. The number of aromatic amines is 1. The first-order valence-electron chi connectivity index (χ1n) is 8.25. The van der Waals surface area contributed by atoms with Crippen molar-refractivity contribution in [3.8, 4) is 0 Å². The maximum Gasteiger partial charge on any atom is 0.252 e. The van der Waals surface area contributed by atoms with E-state index in [1.165, 1.54) is 16.5 Å². The smallest absolute Gasteiger partial charge is 0.252 e. The van der Waals surface area contributed by atoms with Crippen molar-refractivity contribution < 1.29 is 4.79 Å². The van der Waals surface area contributed by atoms with Crippen molar-refractivity contribution >= 4 is 28.6 Å². The fourth-order valence-corrected chi connectivity index (χ4v) is 3.64. The predicted octanol–water partition coefficient (Wildman–Crippen LogP) is 4.56. The molecule has 1 amide bonds. The number of aromatic nitrogens is 1. The molecule has 0 unspecified atom stereocenters. The average Bonchev–Trinajstić information content (AvgIpc) is 2.98. The summed E-state index contributed by atoms with van der Waals surface area (Å²) in [7, 11) is 0. The van der Waals surface area contributed by atoms with Crippen molar-refractivity contribution in [2.24, 2.45) is 0 Å². The van der Waals surface area contributed by atoms with Crippen LogP contribution in [0.1, 0.15) is 28.4 Å². The number of rotatable bonds is 6. The molecule has 0 radical (unpaired) electrons. The highest BCUT2D eigenvalue weighted by atomic mass is 32.2. The van der Waals surface area contributed by atoms with Crippen LogP contribution in [0, 0.1) is 6.92 Å². The molecule has 1 heterocycles. The molecule has 2 aromatic carbocycles. The Hall–Kier alpha value is -2.20. The normalized spacial score (nSPS) is 10.9. The highest BCUT2D eigenvalue weighted by Gasteiger charge is 2.11. The number of carbonyl (C=O) groups is 1. The number of amides is 1. The summed E-state index contributed by atoms with van der Waals surface area (Å²) in [6, 6.07) is 14.2. The SMILES string of the molecule is CCSc1ccccc1C(=O)NCCc1c[nH]c2ccc(C)cc12. The van der Waals surface area contributed by atoms with Gasteiger partial charge in [-0.05, 0) is 48.9 Å². The van der Waals surface area contributed by atoms with Crippen LogP contribution in [-0.4, -0.2) is 23.2 Å². The van der Waals surface area contributed by atoms with Crippen LogP contribution in [0.2, 0.25) is 0 Å². The summed E-state index contributed by atoms with van der Waals surface area (Å²) in [6.45, 7) is 4.82. The van der Waals surface area contributed by atoms with Gasteiger partial charge < -0.3 is 10.3 Å². The van der Waals surface area contributed by atoms with Crippen molar-refractivity contribution in [3.05, 3.63) is 65.4 Å². The van der Waals surface area contributed by atoms with E-state index in [2.05, 4.69) is 42.3 Å². The number of H-pyrrole nitrogens is 1. The first-order valence-corrected chi connectivity index (χ1v) is 9.24. The minimum Gasteiger partial charge on any atom is -0.361 e. The summed E-state index contributed by atoms with van der Waals surface area (Å²) in [4.78, 5) is 16.8. The summed E-state index contributed by atoms with van der Waals surface area (Å²) >= 11 is 1.70. The van der Waals surface area contributed by atoms with Crippen LogP contribution in [0.5, 0.6) is 0 Å². The largest absolute Gasteiger partial charge is 0.361 e. The van der Waals surface area contributed by atoms with Gasteiger partial charge in [0.05, 0.1) is 5.56 Å². The Morgan fingerprint density at radius 1 is 1.21 bits per heavy atom. The van der Waals surface area contributed by atoms with Crippen LogP contribution in [0.4, 0.5) is 0 Å². The van der Waals surface area contributed by atoms with E-state index in [4.69, 9.17) is 0 Å². The lowest BCUT2D eigenvalue weighted by atomic mass is 10.1. The second-order valence-corrected chi connectivity index (χ2v) is 7.10. The molecule has 3 rings (SSSR count). The van der Waals surface area contributed by atoms with Gasteiger partial charge in [-0.25, -0.2) is 0 Å². The lowest BCUT2D eigenvalue weighted by molar-refractivity contribution is 0.0951. The highest BCUT2D eigenvalue weighted by molar-refractivity contribution is 7.99. The van der Waals surface area contributed by atoms with Gasteiger partial charge in [-0.3, -0.25) is 4.79 Å². The van der Waals surface area contributed by atoms with Gasteiger partial charge in [0, 0.05) is 28.5 Å². The van der Waals surface area contributed by atoms with Gasteiger partial charge in [-0.2, -0.15) is 0 Å². The van der Waals surface area contributed by atoms with Gasteiger partial charge in [-0.1, -0.05) is 30.7 Å². The molecule has 0 aliphatic carbocycles. The number of benzene rings is 2. The molecule has 0 aliphatic heterocycles. The summed E-state index contributed by atoms with van der Waals surface area (Å²) < 4.78 is 0. The van der Waals surface area contributed by atoms with Crippen molar-refractivity contribution in [2.75, 3.05) is 12.3 Å². The predicted molar refractivity (Wildman–Crippen MR) is 102 cm³/mol. The Balaban J connectivity index is 1.65. The molecule has 124 valence electrons. The zero-order chi connectivity index (χ0) is 16.9. The molecule has 1 aromatic heterocycles. The maximum absolute atomic E-state index is 12.5. The molecule has 4 heteroatoms. The first kappa shape index (κ1) is 16.7. The number of hydrogen-bond acceptors (Lipinski definition) is 2. The van der Waals surface area contributed by atoms with Gasteiger partial charge in [0.1, 0.15) is 0 Å². The van der Waals surface area contributed by atoms with E-state index in [9.17, 15) is 4.79 Å². The standard InChI is InChI=1S/C20H22N2OS/c1-3-24-19-7-5-4-6-16(19)20(23)21-11-10-15-13-22-18-9-8-14(2)12-17(15)18/h4-9,12-13,22H,3,10-11H2,1-2H3,(H,21,23). The quantitative estimate of drug-likeness (QED) is 0.647. The molecular weight excluding hydrogens is 316 g/mol. The van der Waals surface area contributed by atoms with E-state index < -0.39 is 0 Å². The fourth-order valence-electron chi connectivity index (χ4n) is 2.84. The van der Waals surface area contributed by atoms with Crippen molar-refractivity contribution in [1.82, 2.24) is 10.3 Å². The lowest BCUT2D eigenvalue weighted by Gasteiger charge is -2.09. The molecule has 0 spiro atoms. The number of carbonyl (C=O) groups excluding carboxylic acids is 1. The zero-order valence-corrected chi connectivity index (χ0v) is 14.9. The fraction of sp³-hybridized carbons (Fsp3) is 0.250. The summed E-state index contributed by atoms with van der Waals surface area (Å²) in [5.41, 5.74) is 4.40. The molecular formula is C20H22N2OS. The highest BCUT2D eigenvalue weighted by Crippen LogP contribution is 2.22. The minimum absolute atomic E-state index is 0.00238. The third-order valence-electron chi connectivity index (χ3n) is 4.03. The van der Waals surface area contributed by atoms with E-state index in [1.54, 1.807) is 11.8 Å². The third kappa shape index (κ3) is 3.65. The summed E-state index contributed by atoms with van der Waals surface area (Å²) in [5.74, 6) is 0.960. The number of thioether (sulfide) groups is 1. The maximum atomic E-state index is 12.5. The van der Waals surface area contributed by atoms with Gasteiger partial charge >= 0.3 is 0 Å². The minimum atomic E-state index is 0.00238. The van der Waals surface area contributed by atoms with Gasteiger partial charge in [0.2, 0.25) is 0 Å². The molecule has 0 fully saturated rings. The van der Waals surface area contributed by atoms with Crippen LogP contribution >= 0.6 is 11.8 Å². The number of hydrogen-bond donors (Lipinski definition) is 2. The summed E-state index contributed by atoms with van der Waals surface area (Å²) in [5, 5.41) is 4.29. The topological polar surface area (TPSA) is 44.9 Å². The third-order valence-corrected chi connectivity index (χ3v) is 4.99. The molecule has 0 aliphatic rings. The van der Waals surface area contributed by atoms with Gasteiger partial charge in [0.25, 0.3) is 5.91 Å². The Labute approximate surface area is 146 Å². The van der Waals surface area contributed by atoms with Crippen LogP contribution in [-0.2, 0) is 6.42 Å². The zero-order valence-electron chi connectivity index (χ0n) is 14.1. The first-order chi connectivity index (χ1) is 11.7. The van der Waals surface area contributed by atoms with Crippen LogP contribution in [0.25, 0.3) is 10.9 Å². The van der Waals surface area contributed by atoms with E-state index in [0.717, 1.165) is 28.1 Å². The molecule has 0 saturated carbocycles. The average molecular weight is 338 g/mol. The number of fused-ring (bicyclic) bond motifs is 1. The molecule has 0 saturated heterocycles. The Morgan fingerprint density at radius 3 is 2.88 bits per heavy atom. The van der Waals surface area contributed by atoms with Crippen molar-refractivity contribution in [3.63, 3.8) is 0 Å². The molecule has 24 heavy (non-hydrogen) atoms. The van der Waals surface area contributed by atoms with Crippen LogP contribution in [0.15, 0.2) is 53.6 Å². The number of nitrogens with one attached hydrogen (secondary N) is 2. The van der Waals surface area contributed by atoms with Crippen LogP contribution < -0.4 is 5.32 Å². The molecule has 3 nitrogen and oxygen atoms in total. The molecule has 0 bridgehead atoms. The van der Waals surface area contributed by atoms with Crippen molar-refractivity contribution in [1.29, 1.82) is 0 Å². The second kappa shape index (κ2) is 7.58.